The molecule has 1 N–H and O–H groups in total. The summed E-state index contributed by atoms with van der Waals surface area (Å²) in [6, 6.07) is 8.21. The quantitative estimate of drug-likeness (QED) is 0.498. The highest BCUT2D eigenvalue weighted by molar-refractivity contribution is 5.93. The van der Waals surface area contributed by atoms with Crippen LogP contribution in [0.5, 0.6) is 5.88 Å². The number of amides is 1. The molecule has 3 aromatic heterocycles. The largest absolute Gasteiger partial charge is 0.490 e. The van der Waals surface area contributed by atoms with Crippen molar-refractivity contribution < 1.29 is 54.6 Å². The zero-order valence-electron chi connectivity index (χ0n) is 18.3. The molecular weight excluding hydrogens is 524 g/mol. The Hall–Kier alpha value is -3.98. The second-order valence-electron chi connectivity index (χ2n) is 7.63. The lowest BCUT2D eigenvalue weighted by atomic mass is 10.0. The van der Waals surface area contributed by atoms with E-state index < -0.39 is 54.8 Å². The van der Waals surface area contributed by atoms with E-state index in [4.69, 9.17) is 14.6 Å². The van der Waals surface area contributed by atoms with Gasteiger partial charge in [0.05, 0.1) is 23.8 Å². The number of carboxylic acids is 1. The van der Waals surface area contributed by atoms with Crippen LogP contribution in [0.3, 0.4) is 0 Å². The summed E-state index contributed by atoms with van der Waals surface area (Å²) >= 11 is 0. The summed E-state index contributed by atoms with van der Waals surface area (Å²) < 4.78 is 105. The minimum atomic E-state index is -5.08. The summed E-state index contributed by atoms with van der Waals surface area (Å²) in [6.07, 6.45) is -10.1. The third-order valence-electron chi connectivity index (χ3n) is 5.07. The maximum absolute atomic E-state index is 14.4. The summed E-state index contributed by atoms with van der Waals surface area (Å²) in [5.41, 5.74) is -0.145. The standard InChI is InChI=1S/C19H15F5N4O2.C2HF3O2/c20-18(21)7-9-27(17(29)14-3-1-2-13-6-8-26-28(13)14)11-15(18)30-16-5-4-12(10-25-16)19(22,23)24;3-2(4,5)1(6)7/h1-6,8,10,15H,7,9,11H2;(H,6,7)/t15-;/m0./s1. The number of fused-ring (bicyclic) bond motifs is 1. The van der Waals surface area contributed by atoms with Crippen molar-refractivity contribution in [3.63, 3.8) is 0 Å². The molecule has 4 rings (SSSR count). The Balaban J connectivity index is 0.000000479. The van der Waals surface area contributed by atoms with Gasteiger partial charge in [0.25, 0.3) is 11.8 Å². The molecular formula is C21H16F8N4O4. The number of piperidine rings is 1. The number of hydrogen-bond donors (Lipinski definition) is 1. The van der Waals surface area contributed by atoms with Crippen molar-refractivity contribution in [2.75, 3.05) is 13.1 Å². The van der Waals surface area contributed by atoms with Crippen LogP contribution in [0.15, 0.2) is 48.8 Å². The van der Waals surface area contributed by atoms with Crippen molar-refractivity contribution in [3.8, 4) is 5.88 Å². The van der Waals surface area contributed by atoms with E-state index in [2.05, 4.69) is 10.1 Å². The second kappa shape index (κ2) is 10.2. The second-order valence-corrected chi connectivity index (χ2v) is 7.63. The van der Waals surface area contributed by atoms with Gasteiger partial charge in [0.2, 0.25) is 5.88 Å². The molecule has 1 saturated heterocycles. The van der Waals surface area contributed by atoms with Crippen molar-refractivity contribution in [1.82, 2.24) is 19.5 Å². The molecule has 4 heterocycles. The van der Waals surface area contributed by atoms with Crippen LogP contribution in [-0.4, -0.2) is 67.8 Å². The molecule has 0 bridgehead atoms. The fourth-order valence-corrected chi connectivity index (χ4v) is 3.21. The van der Waals surface area contributed by atoms with Crippen LogP contribution >= 0.6 is 0 Å². The highest BCUT2D eigenvalue weighted by Crippen LogP contribution is 2.33. The number of carboxylic acid groups (broad SMARTS) is 1. The Morgan fingerprint density at radius 3 is 2.30 bits per heavy atom. The third-order valence-corrected chi connectivity index (χ3v) is 5.07. The number of ether oxygens (including phenoxy) is 1. The molecule has 0 radical (unpaired) electrons. The number of aromatic nitrogens is 3. The number of alkyl halides is 8. The molecule has 0 aromatic carbocycles. The molecule has 16 heteroatoms. The Bertz CT molecular complexity index is 1260. The van der Waals surface area contributed by atoms with Gasteiger partial charge in [0.1, 0.15) is 5.69 Å². The van der Waals surface area contributed by atoms with Gasteiger partial charge < -0.3 is 14.7 Å². The van der Waals surface area contributed by atoms with Gasteiger partial charge in [-0.05, 0) is 24.3 Å². The van der Waals surface area contributed by atoms with Gasteiger partial charge in [0.15, 0.2) is 6.10 Å². The lowest BCUT2D eigenvalue weighted by Crippen LogP contribution is -2.55. The van der Waals surface area contributed by atoms with Crippen LogP contribution in [0.2, 0.25) is 0 Å². The van der Waals surface area contributed by atoms with Gasteiger partial charge in [0, 0.05) is 25.2 Å². The molecule has 37 heavy (non-hydrogen) atoms. The minimum Gasteiger partial charge on any atom is -0.475 e. The molecule has 1 atom stereocenters. The number of carbonyl (C=O) groups is 2. The highest BCUT2D eigenvalue weighted by atomic mass is 19.4. The Labute approximate surface area is 202 Å². The van der Waals surface area contributed by atoms with Gasteiger partial charge in [-0.2, -0.15) is 31.4 Å². The van der Waals surface area contributed by atoms with Crippen LogP contribution in [-0.2, 0) is 11.0 Å². The lowest BCUT2D eigenvalue weighted by molar-refractivity contribution is -0.192. The van der Waals surface area contributed by atoms with Crippen molar-refractivity contribution in [2.24, 2.45) is 0 Å². The fraction of sp³-hybridized carbons (Fsp3) is 0.333. The number of carbonyl (C=O) groups excluding carboxylic acids is 1. The van der Waals surface area contributed by atoms with E-state index in [9.17, 15) is 39.9 Å². The molecule has 0 saturated carbocycles. The average Bonchev–Trinajstić information content (AvgIpc) is 3.28. The zero-order valence-corrected chi connectivity index (χ0v) is 18.3. The van der Waals surface area contributed by atoms with E-state index in [1.165, 1.54) is 21.7 Å². The van der Waals surface area contributed by atoms with Gasteiger partial charge in [-0.1, -0.05) is 6.07 Å². The predicted octanol–water partition coefficient (Wildman–Crippen LogP) is 4.31. The van der Waals surface area contributed by atoms with Crippen LogP contribution in [0.4, 0.5) is 35.1 Å². The predicted molar refractivity (Wildman–Crippen MR) is 108 cm³/mol. The molecule has 0 spiro atoms. The number of pyridine rings is 2. The highest BCUT2D eigenvalue weighted by Gasteiger charge is 2.47. The number of rotatable bonds is 3. The lowest BCUT2D eigenvalue weighted by Gasteiger charge is -2.37. The van der Waals surface area contributed by atoms with Gasteiger partial charge in [-0.25, -0.2) is 23.1 Å². The molecule has 1 aliphatic heterocycles. The van der Waals surface area contributed by atoms with E-state index in [0.29, 0.717) is 17.8 Å². The number of nitrogens with zero attached hydrogens (tertiary/aromatic N) is 4. The molecule has 0 aliphatic carbocycles. The third kappa shape index (κ3) is 6.62. The van der Waals surface area contributed by atoms with Crippen molar-refractivity contribution in [2.45, 2.75) is 30.8 Å². The molecule has 200 valence electrons. The Kier molecular flexibility index (Phi) is 7.59. The van der Waals surface area contributed by atoms with E-state index in [1.807, 2.05) is 0 Å². The van der Waals surface area contributed by atoms with E-state index in [0.717, 1.165) is 6.07 Å². The molecule has 8 nitrogen and oxygen atoms in total. The Morgan fingerprint density at radius 2 is 1.73 bits per heavy atom. The van der Waals surface area contributed by atoms with E-state index >= 15 is 0 Å². The van der Waals surface area contributed by atoms with Crippen LogP contribution in [0, 0.1) is 0 Å². The number of hydrogen-bond acceptors (Lipinski definition) is 5. The average molecular weight is 540 g/mol. The summed E-state index contributed by atoms with van der Waals surface area (Å²) in [6.45, 7) is -0.657. The smallest absolute Gasteiger partial charge is 0.475 e. The van der Waals surface area contributed by atoms with Gasteiger partial charge in [-0.3, -0.25) is 4.79 Å². The summed E-state index contributed by atoms with van der Waals surface area (Å²) in [5, 5.41) is 11.2. The maximum Gasteiger partial charge on any atom is 0.490 e. The van der Waals surface area contributed by atoms with Crippen LogP contribution < -0.4 is 4.74 Å². The molecule has 1 amide bonds. The normalized spacial score (nSPS) is 17.6. The first-order valence-corrected chi connectivity index (χ1v) is 10.2. The zero-order chi connectivity index (χ0) is 27.6. The first-order valence-electron chi connectivity index (χ1n) is 10.2. The van der Waals surface area contributed by atoms with Crippen molar-refractivity contribution >= 4 is 17.4 Å². The van der Waals surface area contributed by atoms with Crippen molar-refractivity contribution in [1.29, 1.82) is 0 Å². The monoisotopic (exact) mass is 540 g/mol. The molecule has 3 aromatic rings. The fourth-order valence-electron chi connectivity index (χ4n) is 3.21. The summed E-state index contributed by atoms with van der Waals surface area (Å²) in [4.78, 5) is 26.5. The SMILES string of the molecule is O=C(O)C(F)(F)F.O=C(c1cccc2ccnn12)N1CCC(F)(F)[C@@H](Oc2ccc(C(F)(F)F)cn2)C1. The van der Waals surface area contributed by atoms with E-state index in [-0.39, 0.29) is 18.1 Å². The molecule has 1 aliphatic rings. The first-order chi connectivity index (χ1) is 17.1. The number of likely N-dealkylation sites (tertiary alicyclic amines) is 1. The molecule has 1 fully saturated rings. The minimum absolute atomic E-state index is 0.203. The van der Waals surface area contributed by atoms with Crippen LogP contribution in [0.1, 0.15) is 22.5 Å². The topological polar surface area (TPSA) is 97.0 Å². The van der Waals surface area contributed by atoms with Crippen molar-refractivity contribution in [3.05, 3.63) is 60.0 Å². The first kappa shape index (κ1) is 27.6. The van der Waals surface area contributed by atoms with Gasteiger partial charge >= 0.3 is 18.3 Å². The van der Waals surface area contributed by atoms with Gasteiger partial charge in [-0.15, -0.1) is 0 Å². The Morgan fingerprint density at radius 1 is 1.05 bits per heavy atom. The molecule has 0 unspecified atom stereocenters. The number of aliphatic carboxylic acids is 1. The summed E-state index contributed by atoms with van der Waals surface area (Å²) in [7, 11) is 0. The maximum atomic E-state index is 14.4. The number of halogens is 8. The van der Waals surface area contributed by atoms with Crippen LogP contribution in [0.25, 0.3) is 5.52 Å². The van der Waals surface area contributed by atoms with E-state index in [1.54, 1.807) is 18.2 Å². The summed E-state index contributed by atoms with van der Waals surface area (Å²) in [5.74, 6) is -6.92.